The zero-order chi connectivity index (χ0) is 26.7. The number of hydrogen-bond acceptors (Lipinski definition) is 6. The summed E-state index contributed by atoms with van der Waals surface area (Å²) in [6, 6.07) is 5.42. The molecule has 0 spiro atoms. The molecule has 1 aromatic carbocycles. The molecular weight excluding hydrogens is 573 g/mol. The number of esters is 1. The molecule has 7 nitrogen and oxygen atoms in total. The van der Waals surface area contributed by atoms with Gasteiger partial charge in [0.1, 0.15) is 13.4 Å². The smallest absolute Gasteiger partial charge is 0.338 e. The molecule has 2 rings (SSSR count). The Hall–Kier alpha value is -2.04. The maximum absolute atomic E-state index is 12.6. The van der Waals surface area contributed by atoms with Crippen molar-refractivity contribution >= 4 is 34.2 Å². The van der Waals surface area contributed by atoms with Crippen LogP contribution in [0.3, 0.4) is 0 Å². The summed E-state index contributed by atoms with van der Waals surface area (Å²) in [6.07, 6.45) is 9.30. The van der Waals surface area contributed by atoms with E-state index in [4.69, 9.17) is 14.2 Å². The second-order valence-corrected chi connectivity index (χ2v) is 10.5. The molecule has 0 amide bonds. The van der Waals surface area contributed by atoms with Crippen LogP contribution in [0.1, 0.15) is 70.2 Å². The predicted octanol–water partition coefficient (Wildman–Crippen LogP) is 7.56. The molecule has 0 aliphatic heterocycles. The lowest BCUT2D eigenvalue weighted by Gasteiger charge is -2.41. The Bertz CT molecular complexity index is 984. The molecule has 1 aliphatic rings. The number of hydrogen-bond donors (Lipinski definition) is 0. The number of non-ortho nitro benzene ring substituents is 1. The summed E-state index contributed by atoms with van der Waals surface area (Å²) in [5.74, 6) is -0.142. The van der Waals surface area contributed by atoms with Gasteiger partial charge in [-0.2, -0.15) is 0 Å². The van der Waals surface area contributed by atoms with E-state index in [1.807, 2.05) is 0 Å². The van der Waals surface area contributed by atoms with E-state index in [-0.39, 0.29) is 36.2 Å². The Balaban J connectivity index is 2.11. The fraction of sp³-hybridized carbons (Fsp3) is 0.536. The van der Waals surface area contributed by atoms with Crippen LogP contribution in [0.2, 0.25) is 0 Å². The average Bonchev–Trinajstić information content (AvgIpc) is 2.86. The largest absolute Gasteiger partial charge is 0.457 e. The van der Waals surface area contributed by atoms with Crippen LogP contribution >= 0.6 is 22.6 Å². The monoisotopic (exact) mass is 611 g/mol. The minimum absolute atomic E-state index is 0.0604. The quantitative estimate of drug-likeness (QED) is 0.0572. The van der Waals surface area contributed by atoms with E-state index >= 15 is 0 Å². The van der Waals surface area contributed by atoms with Gasteiger partial charge in [0, 0.05) is 19.2 Å². The molecule has 198 valence electrons. The zero-order valence-electron chi connectivity index (χ0n) is 21.9. The molecule has 0 bridgehead atoms. The number of nitrogens with zero attached hydrogens (tertiary/aromatic N) is 1. The molecule has 0 radical (unpaired) electrons. The lowest BCUT2D eigenvalue weighted by Crippen LogP contribution is -2.36. The van der Waals surface area contributed by atoms with Gasteiger partial charge in [-0.25, -0.2) is 4.79 Å². The van der Waals surface area contributed by atoms with Crippen LogP contribution in [-0.4, -0.2) is 37.5 Å². The average molecular weight is 612 g/mol. The van der Waals surface area contributed by atoms with Crippen LogP contribution in [-0.2, 0) is 14.2 Å². The molecule has 8 heteroatoms. The van der Waals surface area contributed by atoms with Crippen LogP contribution in [0.15, 0.2) is 57.2 Å². The standard InChI is InChI=1S/C28H38INO6/c1-20(7-6-8-21(2)17-29)13-14-28(4)16-24(26(15-22(28)3)36-19-34-5)18-35-27(31)23-9-11-25(12-10-23)30(32)33/h7,9-12,16-17,22,26H,6,8,13-15,18-19H2,1-5H3/b20-7+,21-17+/t22-,26+,28+/m1/s1. The summed E-state index contributed by atoms with van der Waals surface area (Å²) in [5, 5.41) is 10.9. The van der Waals surface area contributed by atoms with Gasteiger partial charge in [-0.1, -0.05) is 59.7 Å². The second kappa shape index (κ2) is 14.6. The Labute approximate surface area is 228 Å². The molecule has 1 aromatic rings. The Morgan fingerprint density at radius 1 is 1.22 bits per heavy atom. The van der Waals surface area contributed by atoms with Crippen molar-refractivity contribution in [2.45, 2.75) is 65.9 Å². The molecular formula is C28H38INO6. The number of ether oxygens (including phenoxy) is 3. The van der Waals surface area contributed by atoms with Crippen molar-refractivity contribution in [2.75, 3.05) is 20.5 Å². The maximum atomic E-state index is 12.6. The molecule has 36 heavy (non-hydrogen) atoms. The van der Waals surface area contributed by atoms with E-state index in [1.165, 1.54) is 35.4 Å². The molecule has 0 unspecified atom stereocenters. The van der Waals surface area contributed by atoms with Crippen LogP contribution in [0.5, 0.6) is 0 Å². The fourth-order valence-corrected chi connectivity index (χ4v) is 4.61. The first kappa shape index (κ1) is 30.2. The van der Waals surface area contributed by atoms with Gasteiger partial charge < -0.3 is 14.2 Å². The van der Waals surface area contributed by atoms with Crippen molar-refractivity contribution in [1.82, 2.24) is 0 Å². The van der Waals surface area contributed by atoms with E-state index in [2.05, 4.69) is 66.5 Å². The van der Waals surface area contributed by atoms with Crippen LogP contribution in [0.4, 0.5) is 5.69 Å². The Kier molecular flexibility index (Phi) is 12.3. The first-order chi connectivity index (χ1) is 17.1. The fourth-order valence-electron chi connectivity index (χ4n) is 4.30. The predicted molar refractivity (Wildman–Crippen MR) is 150 cm³/mol. The Morgan fingerprint density at radius 2 is 1.92 bits per heavy atom. The molecule has 0 saturated carbocycles. The third-order valence-electron chi connectivity index (χ3n) is 6.97. The van der Waals surface area contributed by atoms with Crippen molar-refractivity contribution in [1.29, 1.82) is 0 Å². The summed E-state index contributed by atoms with van der Waals surface area (Å²) in [4.78, 5) is 23.0. The zero-order valence-corrected chi connectivity index (χ0v) is 24.1. The minimum atomic E-state index is -0.522. The van der Waals surface area contributed by atoms with Gasteiger partial charge in [-0.3, -0.25) is 10.1 Å². The van der Waals surface area contributed by atoms with Gasteiger partial charge >= 0.3 is 5.97 Å². The van der Waals surface area contributed by atoms with Crippen molar-refractivity contribution in [3.05, 3.63) is 72.9 Å². The van der Waals surface area contributed by atoms with Gasteiger partial charge in [-0.15, -0.1) is 0 Å². The van der Waals surface area contributed by atoms with Crippen molar-refractivity contribution in [2.24, 2.45) is 11.3 Å². The van der Waals surface area contributed by atoms with Gasteiger partial charge in [0.15, 0.2) is 0 Å². The Morgan fingerprint density at radius 3 is 2.53 bits per heavy atom. The highest BCUT2D eigenvalue weighted by Gasteiger charge is 2.37. The highest BCUT2D eigenvalue weighted by molar-refractivity contribution is 14.1. The second-order valence-electron chi connectivity index (χ2n) is 9.85. The highest BCUT2D eigenvalue weighted by Crippen LogP contribution is 2.44. The first-order valence-corrected chi connectivity index (χ1v) is 13.5. The SMILES string of the molecule is COCO[C@H]1C[C@@H](C)[C@@](C)(CC/C(C)=C/CC/C(C)=C/I)C=C1COC(=O)c1ccc([N+](=O)[O-])cc1. The topological polar surface area (TPSA) is 87.9 Å². The van der Waals surface area contributed by atoms with Gasteiger partial charge in [0.25, 0.3) is 5.69 Å². The lowest BCUT2D eigenvalue weighted by atomic mass is 9.66. The van der Waals surface area contributed by atoms with Crippen LogP contribution in [0, 0.1) is 21.4 Å². The minimum Gasteiger partial charge on any atom is -0.457 e. The van der Waals surface area contributed by atoms with E-state index in [0.717, 1.165) is 37.7 Å². The first-order valence-electron chi connectivity index (χ1n) is 12.2. The molecule has 3 atom stereocenters. The number of halogens is 1. The molecule has 0 saturated heterocycles. The maximum Gasteiger partial charge on any atom is 0.338 e. The lowest BCUT2D eigenvalue weighted by molar-refractivity contribution is -0.384. The number of nitro benzene ring substituents is 1. The van der Waals surface area contributed by atoms with E-state index in [1.54, 1.807) is 7.11 Å². The number of methoxy groups -OCH3 is 1. The number of carbonyl (C=O) groups excluding carboxylic acids is 1. The number of carbonyl (C=O) groups is 1. The molecule has 0 aromatic heterocycles. The van der Waals surface area contributed by atoms with E-state index in [0.29, 0.717) is 5.92 Å². The third kappa shape index (κ3) is 9.12. The van der Waals surface area contributed by atoms with Crippen molar-refractivity contribution in [3.63, 3.8) is 0 Å². The molecule has 0 N–H and O–H groups in total. The van der Waals surface area contributed by atoms with Gasteiger partial charge in [0.05, 0.1) is 16.6 Å². The van der Waals surface area contributed by atoms with Gasteiger partial charge in [-0.05, 0) is 79.1 Å². The molecule has 0 fully saturated rings. The van der Waals surface area contributed by atoms with E-state index in [9.17, 15) is 14.9 Å². The van der Waals surface area contributed by atoms with Gasteiger partial charge in [0.2, 0.25) is 0 Å². The van der Waals surface area contributed by atoms with Crippen molar-refractivity contribution < 1.29 is 23.9 Å². The highest BCUT2D eigenvalue weighted by atomic mass is 127. The normalized spacial score (nSPS) is 22.8. The summed E-state index contributed by atoms with van der Waals surface area (Å²) < 4.78 is 18.8. The summed E-state index contributed by atoms with van der Waals surface area (Å²) in [5.41, 5.74) is 3.85. The third-order valence-corrected chi connectivity index (χ3v) is 8.03. The summed E-state index contributed by atoms with van der Waals surface area (Å²) >= 11 is 2.29. The van der Waals surface area contributed by atoms with Crippen LogP contribution < -0.4 is 0 Å². The van der Waals surface area contributed by atoms with Crippen molar-refractivity contribution in [3.8, 4) is 0 Å². The summed E-state index contributed by atoms with van der Waals surface area (Å²) in [6.45, 7) is 9.12. The summed E-state index contributed by atoms with van der Waals surface area (Å²) in [7, 11) is 1.58. The van der Waals surface area contributed by atoms with E-state index < -0.39 is 10.9 Å². The number of nitro groups is 1. The molecule has 1 aliphatic carbocycles. The number of rotatable bonds is 13. The number of benzene rings is 1. The number of allylic oxidation sites excluding steroid dienone is 4. The van der Waals surface area contributed by atoms with Crippen LogP contribution in [0.25, 0.3) is 0 Å². The molecule has 0 heterocycles.